The summed E-state index contributed by atoms with van der Waals surface area (Å²) < 4.78 is 65.6. The van der Waals surface area contributed by atoms with Crippen molar-refractivity contribution in [2.45, 2.75) is 43.3 Å². The Kier molecular flexibility index (Phi) is 8.63. The Morgan fingerprint density at radius 2 is 1.82 bits per heavy atom. The summed E-state index contributed by atoms with van der Waals surface area (Å²) in [7, 11) is 1.65. The van der Waals surface area contributed by atoms with Crippen molar-refractivity contribution in [2.75, 3.05) is 25.1 Å². The van der Waals surface area contributed by atoms with Gasteiger partial charge in [0.2, 0.25) is 0 Å². The minimum absolute atomic E-state index is 0.00288. The lowest BCUT2D eigenvalue weighted by Crippen LogP contribution is -2.32. The lowest BCUT2D eigenvalue weighted by molar-refractivity contribution is 0.0246. The molecule has 3 heterocycles. The van der Waals surface area contributed by atoms with E-state index in [-0.39, 0.29) is 17.9 Å². The number of aliphatic hydroxyl groups is 3. The second kappa shape index (κ2) is 11.7. The first-order valence-corrected chi connectivity index (χ1v) is 12.0. The van der Waals surface area contributed by atoms with E-state index in [9.17, 15) is 32.9 Å². The monoisotopic (exact) mass is 539 g/mol. The molecule has 0 amide bonds. The first-order chi connectivity index (χ1) is 18.1. The first kappa shape index (κ1) is 27.9. The molecular formula is C25H29F4N5O4. The van der Waals surface area contributed by atoms with E-state index in [1.54, 1.807) is 7.05 Å². The zero-order chi connectivity index (χ0) is 27.6. The first-order valence-electron chi connectivity index (χ1n) is 12.0. The fourth-order valence-electron chi connectivity index (χ4n) is 4.42. The average Bonchev–Trinajstić information content (AvgIpc) is 3.15. The minimum atomic E-state index is -1.54. The number of halogens is 4. The zero-order valence-electron chi connectivity index (χ0n) is 20.5. The van der Waals surface area contributed by atoms with E-state index < -0.39 is 72.4 Å². The van der Waals surface area contributed by atoms with E-state index in [4.69, 9.17) is 10.5 Å². The van der Waals surface area contributed by atoms with Crippen LogP contribution in [0.25, 0.3) is 11.3 Å². The van der Waals surface area contributed by atoms with Crippen LogP contribution in [0, 0.1) is 17.5 Å². The fraction of sp³-hybridized carbons (Fsp3) is 0.440. The van der Waals surface area contributed by atoms with E-state index in [1.807, 2.05) is 0 Å². The summed E-state index contributed by atoms with van der Waals surface area (Å²) >= 11 is 0. The lowest BCUT2D eigenvalue weighted by Gasteiger charge is -2.20. The standard InChI is InChI=1S/C25H29F4N5O4/c1-34-24(21-5-3-18(30)17(29)11-38-21)20(8-31-34)33-25(37)19-4-2-14(26)23(32-19)22-15(27)6-12(7-16(22)28)13(9-35)10-36/h2,4,6-8,13,17-18,21,25,33,35-37H,3,5,9-11,30H2,1H3/t17-,18-,21+,25?/m1/s1. The number of anilines is 1. The number of nitrogens with two attached hydrogens (primary N) is 1. The van der Waals surface area contributed by atoms with Crippen molar-refractivity contribution < 1.29 is 37.6 Å². The zero-order valence-corrected chi connectivity index (χ0v) is 20.5. The van der Waals surface area contributed by atoms with Gasteiger partial charge < -0.3 is 31.1 Å². The predicted molar refractivity (Wildman–Crippen MR) is 129 cm³/mol. The van der Waals surface area contributed by atoms with Crippen LogP contribution >= 0.6 is 0 Å². The third-order valence-electron chi connectivity index (χ3n) is 6.63. The Labute approximate surface area is 215 Å². The van der Waals surface area contributed by atoms with Gasteiger partial charge in [-0.2, -0.15) is 5.10 Å². The Morgan fingerprint density at radius 1 is 1.13 bits per heavy atom. The largest absolute Gasteiger partial charge is 0.396 e. The highest BCUT2D eigenvalue weighted by atomic mass is 19.1. The summed E-state index contributed by atoms with van der Waals surface area (Å²) in [5.74, 6) is -4.25. The number of hydrogen-bond donors (Lipinski definition) is 5. The topological polar surface area (TPSA) is 139 Å². The molecule has 0 bridgehead atoms. The molecule has 1 fully saturated rings. The van der Waals surface area contributed by atoms with E-state index in [1.165, 1.54) is 10.9 Å². The summed E-state index contributed by atoms with van der Waals surface area (Å²) in [4.78, 5) is 3.97. The number of aromatic nitrogens is 3. The molecule has 1 aliphatic rings. The fourth-order valence-corrected chi connectivity index (χ4v) is 4.42. The third kappa shape index (κ3) is 5.66. The van der Waals surface area contributed by atoms with Crippen molar-refractivity contribution in [3.05, 3.63) is 64.9 Å². The third-order valence-corrected chi connectivity index (χ3v) is 6.63. The molecule has 0 spiro atoms. The van der Waals surface area contributed by atoms with Gasteiger partial charge in [0.25, 0.3) is 0 Å². The van der Waals surface area contributed by atoms with Gasteiger partial charge in [0, 0.05) is 19.0 Å². The molecule has 1 unspecified atom stereocenters. The van der Waals surface area contributed by atoms with Crippen LogP contribution in [-0.4, -0.2) is 62.1 Å². The molecule has 1 aromatic carbocycles. The maximum atomic E-state index is 14.9. The summed E-state index contributed by atoms with van der Waals surface area (Å²) in [5.41, 5.74) is 5.09. The molecule has 3 aromatic rings. The second-order valence-electron chi connectivity index (χ2n) is 9.18. The van der Waals surface area contributed by atoms with Gasteiger partial charge in [0.15, 0.2) is 6.23 Å². The Balaban J connectivity index is 1.62. The molecule has 9 nitrogen and oxygen atoms in total. The van der Waals surface area contributed by atoms with Gasteiger partial charge in [-0.25, -0.2) is 22.5 Å². The number of ether oxygens (including phenoxy) is 1. The van der Waals surface area contributed by atoms with Crippen LogP contribution in [0.15, 0.2) is 30.5 Å². The van der Waals surface area contributed by atoms with E-state index >= 15 is 0 Å². The molecule has 0 radical (unpaired) electrons. The SMILES string of the molecule is Cn1ncc(NC(O)c2ccc(F)c(-c3c(F)cc(C(CO)CO)cc3F)n2)c1[C@@H]1CC[C@@H](N)[C@H](F)CO1. The van der Waals surface area contributed by atoms with E-state index in [2.05, 4.69) is 15.4 Å². The summed E-state index contributed by atoms with van der Waals surface area (Å²) in [6.45, 7) is -1.29. The van der Waals surface area contributed by atoms with Crippen molar-refractivity contribution in [3.8, 4) is 11.3 Å². The van der Waals surface area contributed by atoms with Crippen LogP contribution in [0.4, 0.5) is 23.2 Å². The van der Waals surface area contributed by atoms with Gasteiger partial charge in [0.05, 0.1) is 48.7 Å². The van der Waals surface area contributed by atoms with Gasteiger partial charge >= 0.3 is 0 Å². The molecule has 0 saturated carbocycles. The molecule has 4 atom stereocenters. The summed E-state index contributed by atoms with van der Waals surface area (Å²) in [6, 6.07) is 3.19. The number of nitrogens with zero attached hydrogens (tertiary/aromatic N) is 3. The van der Waals surface area contributed by atoms with Crippen LogP contribution < -0.4 is 11.1 Å². The maximum absolute atomic E-state index is 14.9. The number of nitrogens with one attached hydrogen (secondary N) is 1. The van der Waals surface area contributed by atoms with Crippen molar-refractivity contribution in [1.82, 2.24) is 14.8 Å². The molecule has 6 N–H and O–H groups in total. The highest BCUT2D eigenvalue weighted by molar-refractivity contribution is 5.63. The highest BCUT2D eigenvalue weighted by Crippen LogP contribution is 2.35. The van der Waals surface area contributed by atoms with Crippen molar-refractivity contribution >= 4 is 5.69 Å². The quantitative estimate of drug-likeness (QED) is 0.218. The van der Waals surface area contributed by atoms with Gasteiger partial charge in [-0.05, 0) is 42.7 Å². The number of benzene rings is 1. The summed E-state index contributed by atoms with van der Waals surface area (Å²) in [5, 5.41) is 36.4. The van der Waals surface area contributed by atoms with Gasteiger partial charge in [-0.3, -0.25) is 4.68 Å². The Bertz CT molecular complexity index is 1240. The van der Waals surface area contributed by atoms with Gasteiger partial charge in [-0.15, -0.1) is 0 Å². The van der Waals surface area contributed by atoms with E-state index in [0.717, 1.165) is 24.3 Å². The number of hydrogen-bond acceptors (Lipinski definition) is 8. The van der Waals surface area contributed by atoms with Crippen LogP contribution in [0.2, 0.25) is 0 Å². The smallest absolute Gasteiger partial charge is 0.168 e. The molecule has 13 heteroatoms. The highest BCUT2D eigenvalue weighted by Gasteiger charge is 2.30. The van der Waals surface area contributed by atoms with Gasteiger partial charge in [0.1, 0.15) is 35.4 Å². The van der Waals surface area contributed by atoms with Crippen LogP contribution in [0.5, 0.6) is 0 Å². The number of pyridine rings is 1. The predicted octanol–water partition coefficient (Wildman–Crippen LogP) is 2.59. The molecule has 4 rings (SSSR count). The average molecular weight is 540 g/mol. The number of rotatable bonds is 8. The molecule has 38 heavy (non-hydrogen) atoms. The molecule has 1 saturated heterocycles. The van der Waals surface area contributed by atoms with E-state index in [0.29, 0.717) is 24.2 Å². The molecule has 1 aliphatic heterocycles. The molecule has 0 aliphatic carbocycles. The number of aryl methyl sites for hydroxylation is 1. The van der Waals surface area contributed by atoms with Crippen molar-refractivity contribution in [1.29, 1.82) is 0 Å². The summed E-state index contributed by atoms with van der Waals surface area (Å²) in [6.07, 6.45) is -1.23. The van der Waals surface area contributed by atoms with Crippen LogP contribution in [0.3, 0.4) is 0 Å². The molecule has 206 valence electrons. The Hall–Kier alpha value is -3.10. The second-order valence-corrected chi connectivity index (χ2v) is 9.18. The number of aliphatic hydroxyl groups excluding tert-OH is 3. The number of alkyl halides is 1. The normalized spacial score (nSPS) is 20.9. The minimum Gasteiger partial charge on any atom is -0.396 e. The van der Waals surface area contributed by atoms with Crippen LogP contribution in [0.1, 0.15) is 48.0 Å². The van der Waals surface area contributed by atoms with Crippen LogP contribution in [-0.2, 0) is 11.8 Å². The Morgan fingerprint density at radius 3 is 2.47 bits per heavy atom. The molecular weight excluding hydrogens is 510 g/mol. The lowest BCUT2D eigenvalue weighted by atomic mass is 9.97. The maximum Gasteiger partial charge on any atom is 0.168 e. The van der Waals surface area contributed by atoms with Crippen molar-refractivity contribution in [3.63, 3.8) is 0 Å². The van der Waals surface area contributed by atoms with Gasteiger partial charge in [-0.1, -0.05) is 0 Å². The van der Waals surface area contributed by atoms with Crippen molar-refractivity contribution in [2.24, 2.45) is 12.8 Å². The molecule has 2 aromatic heterocycles.